The molecule has 0 heterocycles. The molecule has 0 spiro atoms. The average molecular weight is 146 g/mol. The van der Waals surface area contributed by atoms with Crippen molar-refractivity contribution in [2.75, 3.05) is 26.3 Å². The summed E-state index contributed by atoms with van der Waals surface area (Å²) in [6, 6.07) is 0. The van der Waals surface area contributed by atoms with Crippen molar-refractivity contribution in [1.29, 1.82) is 0 Å². The zero-order chi connectivity index (χ0) is 7.98. The van der Waals surface area contributed by atoms with Crippen molar-refractivity contribution in [2.24, 2.45) is 5.73 Å². The van der Waals surface area contributed by atoms with E-state index < -0.39 is 0 Å². The van der Waals surface area contributed by atoms with E-state index in [1.54, 1.807) is 4.90 Å². The van der Waals surface area contributed by atoms with Crippen LogP contribution < -0.4 is 5.73 Å². The van der Waals surface area contributed by atoms with E-state index in [2.05, 4.69) is 6.58 Å². The Kier molecular flexibility index (Phi) is 4.70. The molecule has 0 fully saturated rings. The number of aliphatic hydroxyl groups excluding tert-OH is 2. The molecule has 0 saturated heterocycles. The van der Waals surface area contributed by atoms with Crippen molar-refractivity contribution >= 4 is 0 Å². The summed E-state index contributed by atoms with van der Waals surface area (Å²) in [5.41, 5.74) is 5.32. The molecule has 4 heteroatoms. The molecule has 0 atom stereocenters. The van der Waals surface area contributed by atoms with Crippen LogP contribution in [0.1, 0.15) is 0 Å². The molecule has 0 amide bonds. The monoisotopic (exact) mass is 146 g/mol. The number of hydrogen-bond acceptors (Lipinski definition) is 4. The SMILES string of the molecule is C=C(N)N(CCO)CCO. The fraction of sp³-hybridized carbons (Fsp3) is 0.667. The van der Waals surface area contributed by atoms with Gasteiger partial charge in [-0.05, 0) is 0 Å². The first-order chi connectivity index (χ1) is 4.72. The fourth-order valence-electron chi connectivity index (χ4n) is 0.640. The third-order valence-electron chi connectivity index (χ3n) is 1.15. The Labute approximate surface area is 60.6 Å². The van der Waals surface area contributed by atoms with Crippen molar-refractivity contribution in [3.8, 4) is 0 Å². The first-order valence-electron chi connectivity index (χ1n) is 3.13. The molecule has 0 aliphatic rings. The molecule has 0 radical (unpaired) electrons. The maximum Gasteiger partial charge on any atom is 0.0913 e. The number of nitrogens with zero attached hydrogens (tertiary/aromatic N) is 1. The quantitative estimate of drug-likeness (QED) is 0.451. The van der Waals surface area contributed by atoms with Crippen LogP contribution in [-0.2, 0) is 0 Å². The van der Waals surface area contributed by atoms with E-state index in [-0.39, 0.29) is 13.2 Å². The van der Waals surface area contributed by atoms with Gasteiger partial charge in [0.15, 0.2) is 0 Å². The van der Waals surface area contributed by atoms with Gasteiger partial charge in [0, 0.05) is 13.1 Å². The molecule has 0 aliphatic carbocycles. The molecule has 4 N–H and O–H groups in total. The minimum Gasteiger partial charge on any atom is -0.395 e. The van der Waals surface area contributed by atoms with E-state index in [0.29, 0.717) is 18.9 Å². The topological polar surface area (TPSA) is 69.7 Å². The number of nitrogens with two attached hydrogens (primary N) is 1. The van der Waals surface area contributed by atoms with E-state index in [0.717, 1.165) is 0 Å². The number of rotatable bonds is 5. The van der Waals surface area contributed by atoms with Crippen LogP contribution in [0.4, 0.5) is 0 Å². The lowest BCUT2D eigenvalue weighted by Gasteiger charge is -2.21. The average Bonchev–Trinajstić information content (AvgIpc) is 1.87. The van der Waals surface area contributed by atoms with Gasteiger partial charge in [-0.2, -0.15) is 0 Å². The highest BCUT2D eigenvalue weighted by Gasteiger charge is 2.00. The van der Waals surface area contributed by atoms with Crippen LogP contribution in [0.2, 0.25) is 0 Å². The summed E-state index contributed by atoms with van der Waals surface area (Å²) in [6.07, 6.45) is 0. The summed E-state index contributed by atoms with van der Waals surface area (Å²) in [5, 5.41) is 17.0. The van der Waals surface area contributed by atoms with Crippen LogP contribution in [0.5, 0.6) is 0 Å². The molecule has 4 nitrogen and oxygen atoms in total. The summed E-state index contributed by atoms with van der Waals surface area (Å²) in [4.78, 5) is 1.61. The van der Waals surface area contributed by atoms with Gasteiger partial charge in [-0.15, -0.1) is 0 Å². The molecule has 0 aromatic heterocycles. The lowest BCUT2D eigenvalue weighted by Crippen LogP contribution is -2.32. The summed E-state index contributed by atoms with van der Waals surface area (Å²) in [5.74, 6) is 0.378. The van der Waals surface area contributed by atoms with Gasteiger partial charge in [-0.1, -0.05) is 6.58 Å². The van der Waals surface area contributed by atoms with Crippen LogP contribution in [0, 0.1) is 0 Å². The van der Waals surface area contributed by atoms with Gasteiger partial charge in [0.2, 0.25) is 0 Å². The van der Waals surface area contributed by atoms with Gasteiger partial charge < -0.3 is 20.8 Å². The Bertz CT molecular complexity index is 99.9. The molecule has 0 bridgehead atoms. The second kappa shape index (κ2) is 5.08. The lowest BCUT2D eigenvalue weighted by molar-refractivity contribution is 0.188. The maximum absolute atomic E-state index is 8.49. The Morgan fingerprint density at radius 2 is 1.70 bits per heavy atom. The van der Waals surface area contributed by atoms with E-state index in [1.807, 2.05) is 0 Å². The molecule has 0 saturated carbocycles. The third kappa shape index (κ3) is 3.32. The van der Waals surface area contributed by atoms with Gasteiger partial charge in [0.1, 0.15) is 0 Å². The first-order valence-corrected chi connectivity index (χ1v) is 3.13. The van der Waals surface area contributed by atoms with Crippen molar-refractivity contribution < 1.29 is 10.2 Å². The molecular formula is C6H14N2O2. The van der Waals surface area contributed by atoms with Crippen LogP contribution in [0.15, 0.2) is 12.4 Å². The first kappa shape index (κ1) is 9.26. The molecule has 0 unspecified atom stereocenters. The number of hydrogen-bond donors (Lipinski definition) is 3. The van der Waals surface area contributed by atoms with E-state index >= 15 is 0 Å². The minimum atomic E-state index is 0.0240. The molecular weight excluding hydrogens is 132 g/mol. The Balaban J connectivity index is 3.61. The predicted molar refractivity (Wildman–Crippen MR) is 39.1 cm³/mol. The molecule has 60 valence electrons. The maximum atomic E-state index is 8.49. The molecule has 10 heavy (non-hydrogen) atoms. The minimum absolute atomic E-state index is 0.0240. The highest BCUT2D eigenvalue weighted by atomic mass is 16.3. The summed E-state index contributed by atoms with van der Waals surface area (Å²) in [7, 11) is 0. The third-order valence-corrected chi connectivity index (χ3v) is 1.15. The lowest BCUT2D eigenvalue weighted by atomic mass is 10.5. The highest BCUT2D eigenvalue weighted by molar-refractivity contribution is 4.85. The summed E-state index contributed by atoms with van der Waals surface area (Å²) in [6.45, 7) is 4.38. The normalized spacial score (nSPS) is 9.40. The van der Waals surface area contributed by atoms with E-state index in [1.165, 1.54) is 0 Å². The Hall–Kier alpha value is -0.740. The summed E-state index contributed by atoms with van der Waals surface area (Å²) < 4.78 is 0. The molecule has 0 rings (SSSR count). The highest BCUT2D eigenvalue weighted by Crippen LogP contribution is 1.91. The largest absolute Gasteiger partial charge is 0.395 e. The Morgan fingerprint density at radius 3 is 1.90 bits per heavy atom. The van der Waals surface area contributed by atoms with Crippen LogP contribution in [-0.4, -0.2) is 41.4 Å². The van der Waals surface area contributed by atoms with Crippen molar-refractivity contribution in [1.82, 2.24) is 4.90 Å². The standard InChI is InChI=1S/C6H14N2O2/c1-6(7)8(2-4-9)3-5-10/h9-10H,1-5,7H2. The van der Waals surface area contributed by atoms with Crippen molar-refractivity contribution in [3.63, 3.8) is 0 Å². The molecule has 0 aromatic carbocycles. The number of aliphatic hydroxyl groups is 2. The molecule has 0 aromatic rings. The van der Waals surface area contributed by atoms with Gasteiger partial charge >= 0.3 is 0 Å². The predicted octanol–water partition coefficient (Wildman–Crippen LogP) is -1.30. The molecule has 0 aliphatic heterocycles. The van der Waals surface area contributed by atoms with Crippen LogP contribution in [0.3, 0.4) is 0 Å². The Morgan fingerprint density at radius 1 is 1.30 bits per heavy atom. The van der Waals surface area contributed by atoms with E-state index in [4.69, 9.17) is 15.9 Å². The summed E-state index contributed by atoms with van der Waals surface area (Å²) >= 11 is 0. The van der Waals surface area contributed by atoms with E-state index in [9.17, 15) is 0 Å². The van der Waals surface area contributed by atoms with Gasteiger partial charge in [-0.3, -0.25) is 0 Å². The second-order valence-electron chi connectivity index (χ2n) is 1.93. The fourth-order valence-corrected chi connectivity index (χ4v) is 0.640. The zero-order valence-corrected chi connectivity index (χ0v) is 5.95. The van der Waals surface area contributed by atoms with Gasteiger partial charge in [0.25, 0.3) is 0 Å². The van der Waals surface area contributed by atoms with Crippen molar-refractivity contribution in [2.45, 2.75) is 0 Å². The van der Waals surface area contributed by atoms with Crippen LogP contribution >= 0.6 is 0 Å². The van der Waals surface area contributed by atoms with Gasteiger partial charge in [-0.25, -0.2) is 0 Å². The zero-order valence-electron chi connectivity index (χ0n) is 5.95. The second-order valence-corrected chi connectivity index (χ2v) is 1.93. The smallest absolute Gasteiger partial charge is 0.0913 e. The van der Waals surface area contributed by atoms with Crippen molar-refractivity contribution in [3.05, 3.63) is 12.4 Å². The van der Waals surface area contributed by atoms with Crippen LogP contribution in [0.25, 0.3) is 0 Å². The van der Waals surface area contributed by atoms with Gasteiger partial charge in [0.05, 0.1) is 19.0 Å².